The minimum Gasteiger partial charge on any atom is -0.356 e. The van der Waals surface area contributed by atoms with Crippen LogP contribution in [0.3, 0.4) is 0 Å². The van der Waals surface area contributed by atoms with E-state index in [9.17, 15) is 12.8 Å². The van der Waals surface area contributed by atoms with E-state index in [0.717, 1.165) is 67.2 Å². The van der Waals surface area contributed by atoms with Gasteiger partial charge in [0.15, 0.2) is 5.58 Å². The smallest absolute Gasteiger partial charge is 0.240 e. The van der Waals surface area contributed by atoms with Crippen LogP contribution in [0.1, 0.15) is 25.0 Å². The van der Waals surface area contributed by atoms with Gasteiger partial charge in [-0.2, -0.15) is 0 Å². The highest BCUT2D eigenvalue weighted by atomic mass is 32.2. The largest absolute Gasteiger partial charge is 0.356 e. The number of sulfonamides is 1. The number of aromatic nitrogens is 1. The first-order valence-electron chi connectivity index (χ1n) is 11.3. The van der Waals surface area contributed by atoms with Gasteiger partial charge < -0.3 is 9.42 Å². The average molecular weight is 468 g/mol. The first kappa shape index (κ1) is 22.0. The lowest BCUT2D eigenvalue weighted by molar-refractivity contribution is 0.205. The van der Waals surface area contributed by atoms with Gasteiger partial charge in [-0.15, -0.1) is 0 Å². The van der Waals surface area contributed by atoms with Crippen LogP contribution in [0.25, 0.3) is 21.7 Å². The number of hydrogen-bond donors (Lipinski definition) is 1. The van der Waals surface area contributed by atoms with Crippen molar-refractivity contribution >= 4 is 31.8 Å². The second-order valence-corrected chi connectivity index (χ2v) is 10.3. The standard InChI is InChI=1S/C25H26FN3O3S/c26-20-8-10-23-24(27-32-25(23)17-20)6-3-13-29-14-11-21(12-15-29)28-33(30,31)22-9-7-18-4-1-2-5-19(18)16-22/h1-2,4-5,7-10,16-17,21,28H,3,6,11-15H2. The van der Waals surface area contributed by atoms with E-state index in [2.05, 4.69) is 14.8 Å². The predicted octanol–water partition coefficient (Wildman–Crippen LogP) is 4.50. The van der Waals surface area contributed by atoms with Crippen LogP contribution >= 0.6 is 0 Å². The second-order valence-electron chi connectivity index (χ2n) is 8.62. The number of nitrogens with one attached hydrogen (secondary N) is 1. The summed E-state index contributed by atoms with van der Waals surface area (Å²) in [6, 6.07) is 17.4. The second kappa shape index (κ2) is 9.21. The lowest BCUT2D eigenvalue weighted by Gasteiger charge is -2.32. The molecular formula is C25H26FN3O3S. The minimum absolute atomic E-state index is 0.0629. The molecule has 1 saturated heterocycles. The zero-order chi connectivity index (χ0) is 22.8. The molecule has 4 aromatic rings. The summed E-state index contributed by atoms with van der Waals surface area (Å²) in [5.41, 5.74) is 1.33. The summed E-state index contributed by atoms with van der Waals surface area (Å²) in [6.45, 7) is 2.59. The number of benzene rings is 3. The maximum Gasteiger partial charge on any atom is 0.240 e. The number of likely N-dealkylation sites (tertiary alicyclic amines) is 1. The van der Waals surface area contributed by atoms with Gasteiger partial charge >= 0.3 is 0 Å². The SMILES string of the molecule is O=S(=O)(NC1CCN(CCCc2noc3cc(F)ccc23)CC1)c1ccc2ccccc2c1. The van der Waals surface area contributed by atoms with E-state index < -0.39 is 10.0 Å². The Morgan fingerprint density at radius 1 is 1.03 bits per heavy atom. The van der Waals surface area contributed by atoms with E-state index in [1.54, 1.807) is 18.2 Å². The number of piperidine rings is 1. The van der Waals surface area contributed by atoms with Gasteiger partial charge in [-0.05, 0) is 80.4 Å². The Balaban J connectivity index is 1.12. The highest BCUT2D eigenvalue weighted by Gasteiger charge is 2.24. The molecule has 1 aliphatic heterocycles. The van der Waals surface area contributed by atoms with E-state index >= 15 is 0 Å². The molecule has 5 rings (SSSR count). The third-order valence-electron chi connectivity index (χ3n) is 6.34. The molecular weight excluding hydrogens is 441 g/mol. The zero-order valence-corrected chi connectivity index (χ0v) is 19.0. The van der Waals surface area contributed by atoms with E-state index in [1.807, 2.05) is 30.3 Å². The van der Waals surface area contributed by atoms with Crippen molar-refractivity contribution in [2.45, 2.75) is 36.6 Å². The van der Waals surface area contributed by atoms with Gasteiger partial charge in [0.2, 0.25) is 10.0 Å². The maximum atomic E-state index is 13.3. The third kappa shape index (κ3) is 4.93. The lowest BCUT2D eigenvalue weighted by Crippen LogP contribution is -2.44. The topological polar surface area (TPSA) is 75.4 Å². The first-order valence-corrected chi connectivity index (χ1v) is 12.7. The fourth-order valence-corrected chi connectivity index (χ4v) is 5.85. The molecule has 0 atom stereocenters. The molecule has 1 aliphatic rings. The molecule has 0 aliphatic carbocycles. The number of aryl methyl sites for hydroxylation is 1. The van der Waals surface area contributed by atoms with E-state index in [1.165, 1.54) is 12.1 Å². The Morgan fingerprint density at radius 2 is 1.82 bits per heavy atom. The van der Waals surface area contributed by atoms with Crippen LogP contribution in [0, 0.1) is 5.82 Å². The molecule has 0 bridgehead atoms. The summed E-state index contributed by atoms with van der Waals surface area (Å²) < 4.78 is 47.2. The molecule has 6 nitrogen and oxygen atoms in total. The van der Waals surface area contributed by atoms with Crippen LogP contribution in [0.2, 0.25) is 0 Å². The molecule has 0 unspecified atom stereocenters. The molecule has 33 heavy (non-hydrogen) atoms. The molecule has 2 heterocycles. The normalized spacial score (nSPS) is 16.0. The minimum atomic E-state index is -3.55. The van der Waals surface area contributed by atoms with Gasteiger partial charge in [0, 0.05) is 17.5 Å². The van der Waals surface area contributed by atoms with E-state index in [-0.39, 0.29) is 11.9 Å². The zero-order valence-electron chi connectivity index (χ0n) is 18.2. The molecule has 3 aromatic carbocycles. The summed E-state index contributed by atoms with van der Waals surface area (Å²) in [5.74, 6) is -0.329. The molecule has 0 saturated carbocycles. The molecule has 1 fully saturated rings. The van der Waals surface area contributed by atoms with Crippen molar-refractivity contribution in [3.63, 3.8) is 0 Å². The Kier molecular flexibility index (Phi) is 6.14. The molecule has 0 amide bonds. The number of hydrogen-bond acceptors (Lipinski definition) is 5. The van der Waals surface area contributed by atoms with Gasteiger partial charge in [0.25, 0.3) is 0 Å². The van der Waals surface area contributed by atoms with E-state index in [0.29, 0.717) is 10.5 Å². The Hall–Kier alpha value is -2.81. The molecule has 1 N–H and O–H groups in total. The highest BCUT2D eigenvalue weighted by Crippen LogP contribution is 2.22. The van der Waals surface area contributed by atoms with Gasteiger partial charge in [0.05, 0.1) is 10.6 Å². The summed E-state index contributed by atoms with van der Waals surface area (Å²) in [4.78, 5) is 2.66. The fraction of sp³-hybridized carbons (Fsp3) is 0.320. The molecule has 0 radical (unpaired) electrons. The van der Waals surface area contributed by atoms with Crippen LogP contribution in [0.15, 0.2) is 70.1 Å². The van der Waals surface area contributed by atoms with Crippen molar-refractivity contribution in [3.05, 3.63) is 72.2 Å². The van der Waals surface area contributed by atoms with Gasteiger partial charge in [0.1, 0.15) is 5.82 Å². The van der Waals surface area contributed by atoms with Crippen LogP contribution in [0.5, 0.6) is 0 Å². The number of fused-ring (bicyclic) bond motifs is 2. The summed E-state index contributed by atoms with van der Waals surface area (Å²) in [5, 5.41) is 6.88. The van der Waals surface area contributed by atoms with Crippen molar-refractivity contribution in [1.82, 2.24) is 14.8 Å². The highest BCUT2D eigenvalue weighted by molar-refractivity contribution is 7.89. The molecule has 172 valence electrons. The summed E-state index contributed by atoms with van der Waals surface area (Å²) >= 11 is 0. The third-order valence-corrected chi connectivity index (χ3v) is 7.86. The number of halogens is 1. The Labute approximate surface area is 192 Å². The summed E-state index contributed by atoms with van der Waals surface area (Å²) in [6.07, 6.45) is 3.22. The van der Waals surface area contributed by atoms with Gasteiger partial charge in [-0.3, -0.25) is 0 Å². The Morgan fingerprint density at radius 3 is 2.64 bits per heavy atom. The predicted molar refractivity (Wildman–Crippen MR) is 126 cm³/mol. The van der Waals surface area contributed by atoms with Crippen molar-refractivity contribution in [2.24, 2.45) is 0 Å². The number of rotatable bonds is 7. The first-order chi connectivity index (χ1) is 16.0. The van der Waals surface area contributed by atoms with Crippen LogP contribution in [0.4, 0.5) is 4.39 Å². The van der Waals surface area contributed by atoms with Crippen molar-refractivity contribution in [2.75, 3.05) is 19.6 Å². The molecule has 8 heteroatoms. The molecule has 0 spiro atoms. The van der Waals surface area contributed by atoms with Crippen molar-refractivity contribution in [1.29, 1.82) is 0 Å². The molecule has 1 aromatic heterocycles. The fourth-order valence-electron chi connectivity index (χ4n) is 4.51. The van der Waals surface area contributed by atoms with Crippen molar-refractivity contribution in [3.8, 4) is 0 Å². The average Bonchev–Trinajstić information content (AvgIpc) is 3.21. The van der Waals surface area contributed by atoms with E-state index in [4.69, 9.17) is 4.52 Å². The monoisotopic (exact) mass is 467 g/mol. The van der Waals surface area contributed by atoms with Crippen LogP contribution in [-0.2, 0) is 16.4 Å². The van der Waals surface area contributed by atoms with Crippen LogP contribution < -0.4 is 4.72 Å². The summed E-state index contributed by atoms with van der Waals surface area (Å²) in [7, 11) is -3.55. The lowest BCUT2D eigenvalue weighted by atomic mass is 10.1. The number of nitrogens with zero attached hydrogens (tertiary/aromatic N) is 2. The Bertz CT molecular complexity index is 1380. The maximum absolute atomic E-state index is 13.3. The van der Waals surface area contributed by atoms with Gasteiger partial charge in [-0.1, -0.05) is 35.5 Å². The van der Waals surface area contributed by atoms with Crippen molar-refractivity contribution < 1.29 is 17.3 Å². The van der Waals surface area contributed by atoms with Crippen LogP contribution in [-0.4, -0.2) is 44.2 Å². The quantitative estimate of drug-likeness (QED) is 0.433. The van der Waals surface area contributed by atoms with Gasteiger partial charge in [-0.25, -0.2) is 17.5 Å².